The Morgan fingerprint density at radius 1 is 0.914 bits per heavy atom. The van der Waals surface area contributed by atoms with E-state index < -0.39 is 52.3 Å². The lowest BCUT2D eigenvalue weighted by atomic mass is 9.72. The molecule has 14 nitrogen and oxygen atoms in total. The van der Waals surface area contributed by atoms with Crippen molar-refractivity contribution in [3.63, 3.8) is 0 Å². The van der Waals surface area contributed by atoms with Gasteiger partial charge in [0.05, 0.1) is 78.5 Å². The highest BCUT2D eigenvalue weighted by atomic mass is 16.6. The Kier molecular flexibility index (Phi) is 13.1. The Morgan fingerprint density at radius 2 is 1.57 bits per heavy atom. The fourth-order valence-corrected chi connectivity index (χ4v) is 7.66. The van der Waals surface area contributed by atoms with Gasteiger partial charge in [0.1, 0.15) is 6.54 Å². The zero-order valence-corrected chi connectivity index (χ0v) is 35.8. The summed E-state index contributed by atoms with van der Waals surface area (Å²) in [7, 11) is 0. The number of nitrogens with two attached hydrogens (primary N) is 1. The van der Waals surface area contributed by atoms with Crippen molar-refractivity contribution in [2.45, 2.75) is 129 Å². The number of Topliss-reactive ketones (excluding diaryl/α,β-unsaturated/α-hetero) is 1. The minimum atomic E-state index is -1.71. The Labute approximate surface area is 340 Å². The van der Waals surface area contributed by atoms with Crippen molar-refractivity contribution in [1.82, 2.24) is 20.2 Å². The third-order valence-corrected chi connectivity index (χ3v) is 10.7. The van der Waals surface area contributed by atoms with Crippen LogP contribution in [0.15, 0.2) is 41.2 Å². The second-order valence-electron chi connectivity index (χ2n) is 18.2. The maximum atomic E-state index is 14.0. The summed E-state index contributed by atoms with van der Waals surface area (Å²) >= 11 is 0. The molecule has 316 valence electrons. The number of ketones is 1. The van der Waals surface area contributed by atoms with E-state index in [0.29, 0.717) is 42.2 Å². The first kappa shape index (κ1) is 44.6. The number of fused-ring (bicyclic) bond motifs is 5. The molecule has 0 spiro atoms. The number of hydrogen-bond donors (Lipinski definition) is 3. The van der Waals surface area contributed by atoms with Crippen LogP contribution in [0.1, 0.15) is 105 Å². The van der Waals surface area contributed by atoms with Gasteiger partial charge in [-0.25, -0.2) is 4.98 Å². The molecule has 0 bridgehead atoms. The zero-order valence-electron chi connectivity index (χ0n) is 35.8. The first-order valence-corrected chi connectivity index (χ1v) is 20.1. The van der Waals surface area contributed by atoms with Crippen LogP contribution in [0.4, 0.5) is 0 Å². The highest BCUT2D eigenvalue weighted by molar-refractivity contribution is 5.95. The molecule has 5 rings (SSSR count). The SMILES string of the molecule is CC[C@@]1(OC(=O)CNC(=O)CC(C)(C)OCC(C)(C)NC(=O)CC(C)(C)OCC(C)(C)OCCN)C(=O)C(C)Cc2c1cc1n(c2=O)Cc2cc3ccccc3nc2-1. The Balaban J connectivity index is 1.18. The molecule has 2 aliphatic rings. The second kappa shape index (κ2) is 17.0. The van der Waals surface area contributed by atoms with Gasteiger partial charge in [-0.3, -0.25) is 24.0 Å². The lowest BCUT2D eigenvalue weighted by Gasteiger charge is -2.39. The number of esters is 1. The molecular formula is C44H61N5O9. The van der Waals surface area contributed by atoms with Crippen LogP contribution >= 0.6 is 0 Å². The molecule has 14 heteroatoms. The molecule has 1 aliphatic carbocycles. The maximum Gasteiger partial charge on any atom is 0.326 e. The molecule has 3 aromatic rings. The van der Waals surface area contributed by atoms with Crippen LogP contribution in [0, 0.1) is 5.92 Å². The predicted octanol–water partition coefficient (Wildman–Crippen LogP) is 4.47. The summed E-state index contributed by atoms with van der Waals surface area (Å²) in [5.41, 5.74) is 4.26. The van der Waals surface area contributed by atoms with Crippen LogP contribution in [0.3, 0.4) is 0 Å². The molecule has 58 heavy (non-hydrogen) atoms. The van der Waals surface area contributed by atoms with E-state index in [9.17, 15) is 24.0 Å². The van der Waals surface area contributed by atoms with Crippen molar-refractivity contribution in [2.75, 3.05) is 32.9 Å². The normalized spacial score (nSPS) is 18.1. The minimum absolute atomic E-state index is 0.0982. The van der Waals surface area contributed by atoms with Gasteiger partial charge in [-0.1, -0.05) is 32.0 Å². The lowest BCUT2D eigenvalue weighted by molar-refractivity contribution is -0.172. The summed E-state index contributed by atoms with van der Waals surface area (Å²) in [6, 6.07) is 11.5. The van der Waals surface area contributed by atoms with E-state index in [2.05, 4.69) is 10.6 Å². The number of benzene rings is 1. The van der Waals surface area contributed by atoms with E-state index in [1.807, 2.05) is 71.9 Å². The molecule has 4 N–H and O–H groups in total. The molecule has 0 saturated carbocycles. The monoisotopic (exact) mass is 803 g/mol. The van der Waals surface area contributed by atoms with Crippen molar-refractivity contribution >= 4 is 34.5 Å². The third-order valence-electron chi connectivity index (χ3n) is 10.7. The van der Waals surface area contributed by atoms with Crippen molar-refractivity contribution in [2.24, 2.45) is 11.7 Å². The van der Waals surface area contributed by atoms with Crippen LogP contribution in [0.25, 0.3) is 22.3 Å². The van der Waals surface area contributed by atoms with Gasteiger partial charge in [0.2, 0.25) is 11.8 Å². The van der Waals surface area contributed by atoms with Gasteiger partial charge in [0, 0.05) is 34.5 Å². The third kappa shape index (κ3) is 10.2. The highest BCUT2D eigenvalue weighted by Crippen LogP contribution is 2.43. The van der Waals surface area contributed by atoms with E-state index in [1.165, 1.54) is 0 Å². The summed E-state index contributed by atoms with van der Waals surface area (Å²) in [4.78, 5) is 72.5. The molecule has 1 aliphatic heterocycles. The molecule has 0 fully saturated rings. The average molecular weight is 804 g/mol. The molecular weight excluding hydrogens is 743 g/mol. The number of amides is 2. The molecule has 3 heterocycles. The number of hydrogen-bond acceptors (Lipinski definition) is 11. The van der Waals surface area contributed by atoms with E-state index in [1.54, 1.807) is 38.3 Å². The fourth-order valence-electron chi connectivity index (χ4n) is 7.66. The second-order valence-corrected chi connectivity index (χ2v) is 18.2. The van der Waals surface area contributed by atoms with E-state index in [-0.39, 0.29) is 56.1 Å². The maximum absolute atomic E-state index is 14.0. The topological polar surface area (TPSA) is 190 Å². The van der Waals surface area contributed by atoms with Crippen LogP contribution in [-0.4, -0.2) is 88.4 Å². The largest absolute Gasteiger partial charge is 0.445 e. The Morgan fingerprint density at radius 3 is 2.24 bits per heavy atom. The number of carbonyl (C=O) groups is 4. The van der Waals surface area contributed by atoms with E-state index in [4.69, 9.17) is 29.7 Å². The van der Waals surface area contributed by atoms with Gasteiger partial charge in [-0.15, -0.1) is 0 Å². The average Bonchev–Trinajstić information content (AvgIpc) is 3.50. The summed E-state index contributed by atoms with van der Waals surface area (Å²) < 4.78 is 25.6. The number of ether oxygens (including phenoxy) is 4. The molecule has 2 amide bonds. The van der Waals surface area contributed by atoms with Crippen LogP contribution < -0.4 is 21.9 Å². The number of carbonyl (C=O) groups excluding carboxylic acids is 4. The Bertz CT molecular complexity index is 2120. The van der Waals surface area contributed by atoms with Crippen molar-refractivity contribution in [1.29, 1.82) is 0 Å². The van der Waals surface area contributed by atoms with Gasteiger partial charge in [0.15, 0.2) is 11.4 Å². The van der Waals surface area contributed by atoms with E-state index in [0.717, 1.165) is 16.5 Å². The summed E-state index contributed by atoms with van der Waals surface area (Å²) in [6.07, 6.45) is 0.322. The number of aromatic nitrogens is 2. The zero-order chi connectivity index (χ0) is 42.8. The highest BCUT2D eigenvalue weighted by Gasteiger charge is 2.51. The summed E-state index contributed by atoms with van der Waals surface area (Å²) in [6.45, 7) is 19.2. The van der Waals surface area contributed by atoms with Crippen molar-refractivity contribution in [3.8, 4) is 11.4 Å². The van der Waals surface area contributed by atoms with Crippen molar-refractivity contribution in [3.05, 3.63) is 63.4 Å². The first-order chi connectivity index (χ1) is 27.0. The molecule has 1 unspecified atom stereocenters. The van der Waals surface area contributed by atoms with Gasteiger partial charge >= 0.3 is 5.97 Å². The van der Waals surface area contributed by atoms with Crippen LogP contribution in [0.2, 0.25) is 0 Å². The first-order valence-electron chi connectivity index (χ1n) is 20.1. The number of pyridine rings is 2. The lowest BCUT2D eigenvalue weighted by Crippen LogP contribution is -2.51. The quantitative estimate of drug-likeness (QED) is 0.120. The van der Waals surface area contributed by atoms with Crippen LogP contribution in [0.5, 0.6) is 0 Å². The van der Waals surface area contributed by atoms with Crippen molar-refractivity contribution < 1.29 is 38.1 Å². The number of nitrogens with one attached hydrogen (secondary N) is 2. The number of nitrogens with zero attached hydrogens (tertiary/aromatic N) is 2. The molecule has 0 radical (unpaired) electrons. The molecule has 1 aromatic carbocycles. The molecule has 2 atom stereocenters. The fraction of sp³-hybridized carbons (Fsp3) is 0.591. The summed E-state index contributed by atoms with van der Waals surface area (Å²) in [5.74, 6) is -2.38. The smallest absolute Gasteiger partial charge is 0.326 e. The predicted molar refractivity (Wildman–Crippen MR) is 220 cm³/mol. The minimum Gasteiger partial charge on any atom is -0.445 e. The molecule has 0 saturated heterocycles. The number of rotatable bonds is 18. The van der Waals surface area contributed by atoms with E-state index >= 15 is 0 Å². The molecule has 2 aromatic heterocycles. The van der Waals surface area contributed by atoms with Gasteiger partial charge < -0.3 is 39.9 Å². The standard InChI is InChI=1S/C44H61N5O9/c1-11-44(31-20-33-37-29(19-28-14-12-13-15-32(28)47-37)24-49(33)39(54)30(31)18-27(2)38(44)53)58-36(52)23-46-34(50)21-41(5,6)56-25-40(3,4)48-35(51)22-42(7,8)57-26-43(9,10)55-17-16-45/h12-15,19-20,27H,11,16-18,21-26,45H2,1-10H3,(H,46,50)(H,48,51)/t27?,44-/m0/s1. The summed E-state index contributed by atoms with van der Waals surface area (Å²) in [5, 5.41) is 6.57. The van der Waals surface area contributed by atoms with Gasteiger partial charge in [0.25, 0.3) is 5.56 Å². The van der Waals surface area contributed by atoms with Crippen LogP contribution in [-0.2, 0) is 56.7 Å². The Hall–Kier alpha value is -4.50. The van der Waals surface area contributed by atoms with Gasteiger partial charge in [-0.2, -0.15) is 0 Å². The van der Waals surface area contributed by atoms with Gasteiger partial charge in [-0.05, 0) is 86.4 Å². The number of para-hydroxylation sites is 1.